The van der Waals surface area contributed by atoms with Gasteiger partial charge in [-0.2, -0.15) is 0 Å². The lowest BCUT2D eigenvalue weighted by molar-refractivity contribution is -0.385. The number of halogens is 2. The van der Waals surface area contributed by atoms with Crippen molar-refractivity contribution in [3.8, 4) is 0 Å². The molecule has 0 aliphatic heterocycles. The molecule has 0 N–H and O–H groups in total. The van der Waals surface area contributed by atoms with Gasteiger partial charge in [-0.15, -0.1) is 0 Å². The summed E-state index contributed by atoms with van der Waals surface area (Å²) in [6.45, 7) is 1.12. The third-order valence-corrected chi connectivity index (χ3v) is 1.90. The molecule has 0 saturated carbocycles. The summed E-state index contributed by atoms with van der Waals surface area (Å²) in [5.74, 6) is -1.42. The third kappa shape index (κ3) is 1.88. The van der Waals surface area contributed by atoms with Gasteiger partial charge in [0.15, 0.2) is 5.78 Å². The normalized spacial score (nSPS) is 9.93. The molecule has 1 rings (SSSR count). The molecule has 1 aromatic rings. The van der Waals surface area contributed by atoms with E-state index in [1.807, 2.05) is 0 Å². The lowest BCUT2D eigenvalue weighted by Gasteiger charge is -2.00. The number of nitro groups is 1. The molecule has 14 heavy (non-hydrogen) atoms. The van der Waals surface area contributed by atoms with Crippen LogP contribution in [0.25, 0.3) is 0 Å². The maximum Gasteiger partial charge on any atom is 0.281 e. The Kier molecular flexibility index (Phi) is 2.81. The predicted molar refractivity (Wildman–Crippen MR) is 48.1 cm³/mol. The van der Waals surface area contributed by atoms with Crippen molar-refractivity contribution in [3.63, 3.8) is 0 Å². The fraction of sp³-hybridized carbons (Fsp3) is 0.125. The van der Waals surface area contributed by atoms with E-state index in [4.69, 9.17) is 11.6 Å². The van der Waals surface area contributed by atoms with Gasteiger partial charge < -0.3 is 0 Å². The Labute approximate surface area is 83.4 Å². The Bertz CT molecular complexity index is 380. The van der Waals surface area contributed by atoms with E-state index in [0.29, 0.717) is 0 Å². The molecule has 0 aliphatic rings. The Balaban J connectivity index is 3.46. The van der Waals surface area contributed by atoms with Crippen molar-refractivity contribution in [2.75, 3.05) is 0 Å². The van der Waals surface area contributed by atoms with Crippen LogP contribution in [0, 0.1) is 15.9 Å². The number of hydrogen-bond acceptors (Lipinski definition) is 3. The van der Waals surface area contributed by atoms with Crippen LogP contribution in [-0.2, 0) is 0 Å². The van der Waals surface area contributed by atoms with Crippen LogP contribution in [0.3, 0.4) is 0 Å². The number of ketones is 1. The maximum absolute atomic E-state index is 12.9. The van der Waals surface area contributed by atoms with Gasteiger partial charge in [-0.25, -0.2) is 4.39 Å². The zero-order valence-electron chi connectivity index (χ0n) is 7.08. The number of hydrogen-bond donors (Lipinski definition) is 0. The Morgan fingerprint density at radius 3 is 2.57 bits per heavy atom. The Morgan fingerprint density at radius 1 is 1.57 bits per heavy atom. The second-order valence-electron chi connectivity index (χ2n) is 2.60. The molecule has 0 aliphatic carbocycles. The van der Waals surface area contributed by atoms with Gasteiger partial charge >= 0.3 is 0 Å². The molecule has 0 heterocycles. The van der Waals surface area contributed by atoms with E-state index >= 15 is 0 Å². The summed E-state index contributed by atoms with van der Waals surface area (Å²) >= 11 is 5.34. The summed E-state index contributed by atoms with van der Waals surface area (Å²) in [7, 11) is 0. The number of nitro benzene ring substituents is 1. The maximum atomic E-state index is 12.9. The summed E-state index contributed by atoms with van der Waals surface area (Å²) in [6, 6.07) is 1.59. The molecule has 0 radical (unpaired) electrons. The number of Topliss-reactive ketones (excluding diaryl/α,β-unsaturated/α-hetero) is 1. The van der Waals surface area contributed by atoms with Crippen LogP contribution >= 0.6 is 11.6 Å². The molecule has 0 unspecified atom stereocenters. The van der Waals surface area contributed by atoms with Crippen LogP contribution in [0.5, 0.6) is 0 Å². The fourth-order valence-electron chi connectivity index (χ4n) is 0.969. The quantitative estimate of drug-likeness (QED) is 0.435. The molecule has 74 valence electrons. The average Bonchev–Trinajstić information content (AvgIpc) is 2.08. The molecule has 0 amide bonds. The molecule has 0 atom stereocenters. The molecule has 0 saturated heterocycles. The van der Waals surface area contributed by atoms with Gasteiger partial charge in [-0.1, -0.05) is 11.6 Å². The summed E-state index contributed by atoms with van der Waals surface area (Å²) in [5, 5.41) is 10.1. The minimum absolute atomic E-state index is 0.281. The Morgan fingerprint density at radius 2 is 2.14 bits per heavy atom. The second kappa shape index (κ2) is 3.71. The SMILES string of the molecule is CC(=O)c1cc(F)c(Cl)cc1[N+](=O)[O-]. The van der Waals surface area contributed by atoms with Gasteiger partial charge in [-0.3, -0.25) is 14.9 Å². The summed E-state index contributed by atoms with van der Waals surface area (Å²) in [6.07, 6.45) is 0. The second-order valence-corrected chi connectivity index (χ2v) is 3.00. The lowest BCUT2D eigenvalue weighted by Crippen LogP contribution is -2.01. The van der Waals surface area contributed by atoms with Crippen molar-refractivity contribution in [2.45, 2.75) is 6.92 Å². The number of nitrogens with zero attached hydrogens (tertiary/aromatic N) is 1. The van der Waals surface area contributed by atoms with E-state index in [1.165, 1.54) is 0 Å². The topological polar surface area (TPSA) is 60.2 Å². The average molecular weight is 218 g/mol. The van der Waals surface area contributed by atoms with Crippen LogP contribution in [0.4, 0.5) is 10.1 Å². The van der Waals surface area contributed by atoms with Crippen LogP contribution in [0.2, 0.25) is 5.02 Å². The first-order chi connectivity index (χ1) is 6.43. The zero-order valence-corrected chi connectivity index (χ0v) is 7.84. The van der Waals surface area contributed by atoms with Gasteiger partial charge in [0.2, 0.25) is 0 Å². The number of rotatable bonds is 2. The molecular weight excluding hydrogens is 213 g/mol. The van der Waals surface area contributed by atoms with Gasteiger partial charge in [0.05, 0.1) is 15.5 Å². The van der Waals surface area contributed by atoms with Gasteiger partial charge in [-0.05, 0) is 13.0 Å². The predicted octanol–water partition coefficient (Wildman–Crippen LogP) is 2.59. The first-order valence-electron chi connectivity index (χ1n) is 3.58. The molecule has 4 nitrogen and oxygen atoms in total. The van der Waals surface area contributed by atoms with E-state index in [-0.39, 0.29) is 10.6 Å². The van der Waals surface area contributed by atoms with Crippen LogP contribution in [-0.4, -0.2) is 10.7 Å². The standard InChI is InChI=1S/C8H5ClFNO3/c1-4(12)5-2-7(10)6(9)3-8(5)11(13)14/h2-3H,1H3. The lowest BCUT2D eigenvalue weighted by atomic mass is 10.1. The van der Waals surface area contributed by atoms with Crippen molar-refractivity contribution < 1.29 is 14.1 Å². The van der Waals surface area contributed by atoms with Crippen molar-refractivity contribution in [3.05, 3.63) is 38.7 Å². The molecular formula is C8H5ClFNO3. The van der Waals surface area contributed by atoms with Crippen LogP contribution < -0.4 is 0 Å². The smallest absolute Gasteiger partial charge is 0.281 e. The van der Waals surface area contributed by atoms with E-state index in [1.54, 1.807) is 0 Å². The number of carbonyl (C=O) groups excluding carboxylic acids is 1. The van der Waals surface area contributed by atoms with Gasteiger partial charge in [0.1, 0.15) is 5.82 Å². The van der Waals surface area contributed by atoms with Crippen molar-refractivity contribution >= 4 is 23.1 Å². The van der Waals surface area contributed by atoms with E-state index < -0.39 is 22.2 Å². The highest BCUT2D eigenvalue weighted by molar-refractivity contribution is 6.31. The summed E-state index contributed by atoms with van der Waals surface area (Å²) in [4.78, 5) is 20.6. The number of carbonyl (C=O) groups is 1. The molecule has 6 heteroatoms. The van der Waals surface area contributed by atoms with Gasteiger partial charge in [0, 0.05) is 6.07 Å². The van der Waals surface area contributed by atoms with Crippen LogP contribution in [0.1, 0.15) is 17.3 Å². The molecule has 0 spiro atoms. The Hall–Kier alpha value is -1.49. The minimum atomic E-state index is -0.845. The van der Waals surface area contributed by atoms with Crippen molar-refractivity contribution in [1.82, 2.24) is 0 Å². The summed E-state index contributed by atoms with van der Waals surface area (Å²) < 4.78 is 12.9. The van der Waals surface area contributed by atoms with E-state index in [9.17, 15) is 19.3 Å². The molecule has 1 aromatic carbocycles. The highest BCUT2D eigenvalue weighted by Gasteiger charge is 2.20. The monoisotopic (exact) mass is 217 g/mol. The molecule has 0 bridgehead atoms. The van der Waals surface area contributed by atoms with Crippen molar-refractivity contribution in [1.29, 1.82) is 0 Å². The number of benzene rings is 1. The first kappa shape index (κ1) is 10.6. The third-order valence-electron chi connectivity index (χ3n) is 1.61. The van der Waals surface area contributed by atoms with E-state index in [2.05, 4.69) is 0 Å². The highest BCUT2D eigenvalue weighted by Crippen LogP contribution is 2.26. The molecule has 0 fully saturated rings. The molecule has 0 aromatic heterocycles. The first-order valence-corrected chi connectivity index (χ1v) is 3.95. The fourth-order valence-corrected chi connectivity index (χ4v) is 1.13. The highest BCUT2D eigenvalue weighted by atomic mass is 35.5. The minimum Gasteiger partial charge on any atom is -0.294 e. The van der Waals surface area contributed by atoms with Gasteiger partial charge in [0.25, 0.3) is 5.69 Å². The summed E-state index contributed by atoms with van der Waals surface area (Å²) in [5.41, 5.74) is -0.763. The zero-order chi connectivity index (χ0) is 10.9. The van der Waals surface area contributed by atoms with Crippen molar-refractivity contribution in [2.24, 2.45) is 0 Å². The van der Waals surface area contributed by atoms with E-state index in [0.717, 1.165) is 19.1 Å². The largest absolute Gasteiger partial charge is 0.294 e. The van der Waals surface area contributed by atoms with Crippen LogP contribution in [0.15, 0.2) is 12.1 Å².